The highest BCUT2D eigenvalue weighted by Gasteiger charge is 2.37. The summed E-state index contributed by atoms with van der Waals surface area (Å²) in [6.07, 6.45) is 10.4. The van der Waals surface area contributed by atoms with Crippen molar-refractivity contribution in [2.24, 2.45) is 17.8 Å². The Morgan fingerprint density at radius 1 is 0.885 bits per heavy atom. The number of fused-ring (bicyclic) bond motifs is 1. The number of rotatable bonds is 9. The van der Waals surface area contributed by atoms with Gasteiger partial charge in [0.05, 0.1) is 5.92 Å². The molecule has 26 heavy (non-hydrogen) atoms. The standard InChI is InChI=1S/C23H32O3/c1-2-17-11-13-18(14-12-17)16-26-15-7-3-4-10-21-22(24)19-8-5-6-9-20(19)23(21)25/h5-6,8-9,17-18,21H,2-4,7,10-16H2,1H3. The molecule has 0 unspecified atom stereocenters. The van der Waals surface area contributed by atoms with Gasteiger partial charge in [0.25, 0.3) is 0 Å². The summed E-state index contributed by atoms with van der Waals surface area (Å²) >= 11 is 0. The van der Waals surface area contributed by atoms with Crippen LogP contribution in [0.3, 0.4) is 0 Å². The van der Waals surface area contributed by atoms with Crippen molar-refractivity contribution < 1.29 is 14.3 Å². The molecule has 0 amide bonds. The van der Waals surface area contributed by atoms with Gasteiger partial charge in [-0.25, -0.2) is 0 Å². The topological polar surface area (TPSA) is 43.4 Å². The van der Waals surface area contributed by atoms with Gasteiger partial charge in [-0.3, -0.25) is 9.59 Å². The minimum Gasteiger partial charge on any atom is -0.381 e. The maximum absolute atomic E-state index is 12.3. The van der Waals surface area contributed by atoms with E-state index in [1.54, 1.807) is 12.1 Å². The monoisotopic (exact) mass is 356 g/mol. The maximum Gasteiger partial charge on any atom is 0.174 e. The zero-order valence-electron chi connectivity index (χ0n) is 16.0. The molecule has 2 aliphatic carbocycles. The van der Waals surface area contributed by atoms with Crippen molar-refractivity contribution in [3.8, 4) is 0 Å². The highest BCUT2D eigenvalue weighted by molar-refractivity contribution is 6.26. The lowest BCUT2D eigenvalue weighted by Gasteiger charge is -2.27. The van der Waals surface area contributed by atoms with E-state index in [-0.39, 0.29) is 11.6 Å². The third-order valence-electron chi connectivity index (χ3n) is 6.27. The van der Waals surface area contributed by atoms with Crippen LogP contribution in [0.5, 0.6) is 0 Å². The third kappa shape index (κ3) is 4.62. The first kappa shape index (κ1) is 19.3. The molecule has 0 aromatic heterocycles. The molecule has 0 N–H and O–H groups in total. The Morgan fingerprint density at radius 2 is 1.50 bits per heavy atom. The normalized spacial score (nSPS) is 23.4. The Kier molecular flexibility index (Phi) is 7.01. The highest BCUT2D eigenvalue weighted by atomic mass is 16.5. The summed E-state index contributed by atoms with van der Waals surface area (Å²) in [4.78, 5) is 24.7. The van der Waals surface area contributed by atoms with Crippen LogP contribution in [0.4, 0.5) is 0 Å². The van der Waals surface area contributed by atoms with Crippen LogP contribution in [0.15, 0.2) is 24.3 Å². The van der Waals surface area contributed by atoms with Crippen LogP contribution in [0.25, 0.3) is 0 Å². The van der Waals surface area contributed by atoms with E-state index in [1.165, 1.54) is 32.1 Å². The van der Waals surface area contributed by atoms with E-state index >= 15 is 0 Å². The second-order valence-corrected chi connectivity index (χ2v) is 8.05. The van der Waals surface area contributed by atoms with E-state index in [1.807, 2.05) is 12.1 Å². The van der Waals surface area contributed by atoms with Crippen LogP contribution in [0.1, 0.15) is 85.4 Å². The zero-order chi connectivity index (χ0) is 18.4. The molecule has 0 aliphatic heterocycles. The molecule has 0 radical (unpaired) electrons. The maximum atomic E-state index is 12.3. The first-order chi connectivity index (χ1) is 12.7. The number of hydrogen-bond donors (Lipinski definition) is 0. The van der Waals surface area contributed by atoms with Crippen LogP contribution in [0.2, 0.25) is 0 Å². The zero-order valence-corrected chi connectivity index (χ0v) is 16.0. The van der Waals surface area contributed by atoms with Gasteiger partial charge in [-0.2, -0.15) is 0 Å². The van der Waals surface area contributed by atoms with Gasteiger partial charge in [-0.1, -0.05) is 63.3 Å². The van der Waals surface area contributed by atoms with E-state index in [4.69, 9.17) is 4.74 Å². The molecule has 0 heterocycles. The van der Waals surface area contributed by atoms with Crippen LogP contribution in [-0.4, -0.2) is 24.8 Å². The molecular formula is C23H32O3. The van der Waals surface area contributed by atoms with Gasteiger partial charge in [0.15, 0.2) is 11.6 Å². The van der Waals surface area contributed by atoms with Crippen molar-refractivity contribution >= 4 is 11.6 Å². The van der Waals surface area contributed by atoms with Gasteiger partial charge in [-0.15, -0.1) is 0 Å². The number of carbonyl (C=O) groups is 2. The van der Waals surface area contributed by atoms with E-state index in [0.29, 0.717) is 17.5 Å². The number of Topliss-reactive ketones (excluding diaryl/α,β-unsaturated/α-hetero) is 2. The van der Waals surface area contributed by atoms with Crippen molar-refractivity contribution in [3.05, 3.63) is 35.4 Å². The number of benzene rings is 1. The van der Waals surface area contributed by atoms with Gasteiger partial charge in [0, 0.05) is 24.3 Å². The van der Waals surface area contributed by atoms with Gasteiger partial charge >= 0.3 is 0 Å². The van der Waals surface area contributed by atoms with E-state index in [9.17, 15) is 9.59 Å². The fourth-order valence-corrected chi connectivity index (χ4v) is 4.46. The van der Waals surface area contributed by atoms with Crippen LogP contribution >= 0.6 is 0 Å². The summed E-state index contributed by atoms with van der Waals surface area (Å²) in [5.74, 6) is 1.29. The molecule has 0 saturated heterocycles. The van der Waals surface area contributed by atoms with Crippen molar-refractivity contribution in [1.82, 2.24) is 0 Å². The predicted octanol–water partition coefficient (Wildman–Crippen LogP) is 5.48. The first-order valence-electron chi connectivity index (χ1n) is 10.5. The summed E-state index contributed by atoms with van der Waals surface area (Å²) in [5, 5.41) is 0. The van der Waals surface area contributed by atoms with Crippen LogP contribution in [0, 0.1) is 17.8 Å². The summed E-state index contributed by atoms with van der Waals surface area (Å²) in [5.41, 5.74) is 1.23. The van der Waals surface area contributed by atoms with Crippen molar-refractivity contribution in [2.75, 3.05) is 13.2 Å². The van der Waals surface area contributed by atoms with Gasteiger partial charge < -0.3 is 4.74 Å². The molecular weight excluding hydrogens is 324 g/mol. The fraction of sp³-hybridized carbons (Fsp3) is 0.652. The van der Waals surface area contributed by atoms with E-state index < -0.39 is 5.92 Å². The molecule has 1 saturated carbocycles. The Hall–Kier alpha value is -1.48. The Balaban J connectivity index is 1.26. The number of carbonyl (C=O) groups excluding carboxylic acids is 2. The summed E-state index contributed by atoms with van der Waals surface area (Å²) in [6, 6.07) is 7.21. The summed E-state index contributed by atoms with van der Waals surface area (Å²) in [6.45, 7) is 4.01. The van der Waals surface area contributed by atoms with Crippen molar-refractivity contribution in [1.29, 1.82) is 0 Å². The molecule has 0 spiro atoms. The lowest BCUT2D eigenvalue weighted by molar-refractivity contribution is 0.0742. The lowest BCUT2D eigenvalue weighted by atomic mass is 9.81. The highest BCUT2D eigenvalue weighted by Crippen LogP contribution is 2.31. The average molecular weight is 357 g/mol. The van der Waals surface area contributed by atoms with Gasteiger partial charge in [0.2, 0.25) is 0 Å². The SMILES string of the molecule is CCC1CCC(COCCCCCC2C(=O)c3ccccc3C2=O)CC1. The fourth-order valence-electron chi connectivity index (χ4n) is 4.46. The number of ether oxygens (including phenoxy) is 1. The molecule has 0 atom stereocenters. The van der Waals surface area contributed by atoms with Crippen molar-refractivity contribution in [3.63, 3.8) is 0 Å². The smallest absolute Gasteiger partial charge is 0.174 e. The van der Waals surface area contributed by atoms with E-state index in [2.05, 4.69) is 6.92 Å². The molecule has 1 aromatic carbocycles. The van der Waals surface area contributed by atoms with Gasteiger partial charge in [0.1, 0.15) is 0 Å². The minimum atomic E-state index is -0.443. The number of unbranched alkanes of at least 4 members (excludes halogenated alkanes) is 2. The number of ketones is 2. The summed E-state index contributed by atoms with van der Waals surface area (Å²) < 4.78 is 5.87. The molecule has 1 fully saturated rings. The molecule has 1 aromatic rings. The first-order valence-corrected chi connectivity index (χ1v) is 10.5. The molecule has 3 heteroatoms. The Labute approximate surface area is 157 Å². The molecule has 0 bridgehead atoms. The Morgan fingerprint density at radius 3 is 2.12 bits per heavy atom. The largest absolute Gasteiger partial charge is 0.381 e. The third-order valence-corrected chi connectivity index (χ3v) is 6.27. The van der Waals surface area contributed by atoms with Crippen LogP contribution < -0.4 is 0 Å². The number of hydrogen-bond acceptors (Lipinski definition) is 3. The molecule has 142 valence electrons. The quantitative estimate of drug-likeness (QED) is 0.435. The van der Waals surface area contributed by atoms with Gasteiger partial charge in [-0.05, 0) is 37.5 Å². The lowest BCUT2D eigenvalue weighted by Crippen LogP contribution is -2.18. The molecule has 3 nitrogen and oxygen atoms in total. The predicted molar refractivity (Wildman–Crippen MR) is 104 cm³/mol. The summed E-state index contributed by atoms with van der Waals surface area (Å²) in [7, 11) is 0. The van der Waals surface area contributed by atoms with E-state index in [0.717, 1.165) is 44.3 Å². The minimum absolute atomic E-state index is 0.0181. The second kappa shape index (κ2) is 9.45. The second-order valence-electron chi connectivity index (χ2n) is 8.05. The molecule has 2 aliphatic rings. The Bertz CT molecular complexity index is 579. The molecule has 3 rings (SSSR count). The van der Waals surface area contributed by atoms with Crippen LogP contribution in [-0.2, 0) is 4.74 Å². The average Bonchev–Trinajstić information content (AvgIpc) is 2.92. The van der Waals surface area contributed by atoms with Crippen molar-refractivity contribution in [2.45, 2.75) is 64.7 Å².